The lowest BCUT2D eigenvalue weighted by atomic mass is 9.97. The fourth-order valence-electron chi connectivity index (χ4n) is 1.77. The Kier molecular flexibility index (Phi) is 3.81. The fraction of sp³-hybridized carbons (Fsp3) is 0.667. The van der Waals surface area contributed by atoms with E-state index in [1.165, 1.54) is 22.9 Å². The van der Waals surface area contributed by atoms with Crippen LogP contribution in [0.3, 0.4) is 0 Å². The van der Waals surface area contributed by atoms with Gasteiger partial charge in [-0.15, -0.1) is 11.3 Å². The minimum atomic E-state index is 0.399. The lowest BCUT2D eigenvalue weighted by Gasteiger charge is -2.20. The summed E-state index contributed by atoms with van der Waals surface area (Å²) in [5, 5.41) is 3.21. The minimum Gasteiger partial charge on any atom is -0.271 e. The summed E-state index contributed by atoms with van der Waals surface area (Å²) in [5.74, 6) is 8.82. The van der Waals surface area contributed by atoms with Crippen LogP contribution in [0.1, 0.15) is 11.4 Å². The summed E-state index contributed by atoms with van der Waals surface area (Å²) < 4.78 is 0. The van der Waals surface area contributed by atoms with E-state index in [0.717, 1.165) is 6.42 Å². The van der Waals surface area contributed by atoms with Gasteiger partial charge in [0, 0.05) is 24.0 Å². The van der Waals surface area contributed by atoms with Crippen molar-refractivity contribution < 1.29 is 0 Å². The summed E-state index contributed by atoms with van der Waals surface area (Å²) in [6.45, 7) is 0. The molecule has 0 amide bonds. The summed E-state index contributed by atoms with van der Waals surface area (Å²) in [7, 11) is 0. The van der Waals surface area contributed by atoms with Gasteiger partial charge in [0.15, 0.2) is 0 Å². The zero-order valence-electron chi connectivity index (χ0n) is 7.98. The Morgan fingerprint density at radius 3 is 3.21 bits per heavy atom. The van der Waals surface area contributed by atoms with E-state index in [1.807, 2.05) is 23.3 Å². The van der Waals surface area contributed by atoms with Gasteiger partial charge < -0.3 is 0 Å². The molecule has 3 N–H and O–H groups in total. The highest BCUT2D eigenvalue weighted by Gasteiger charge is 2.25. The first-order valence-corrected chi connectivity index (χ1v) is 6.86. The summed E-state index contributed by atoms with van der Waals surface area (Å²) in [5.41, 5.74) is 2.94. The van der Waals surface area contributed by atoms with Crippen LogP contribution >= 0.6 is 23.1 Å². The molecule has 1 aliphatic heterocycles. The van der Waals surface area contributed by atoms with Gasteiger partial charge in [-0.3, -0.25) is 11.3 Å². The van der Waals surface area contributed by atoms with Crippen LogP contribution in [0.5, 0.6) is 0 Å². The molecule has 1 fully saturated rings. The van der Waals surface area contributed by atoms with Gasteiger partial charge in [0.2, 0.25) is 0 Å². The highest BCUT2D eigenvalue weighted by Crippen LogP contribution is 2.27. The average Bonchev–Trinajstić information content (AvgIpc) is 2.86. The Bertz CT molecular complexity index is 257. The molecule has 1 aliphatic rings. The predicted molar refractivity (Wildman–Crippen MR) is 62.4 cm³/mol. The Labute approximate surface area is 92.5 Å². The van der Waals surface area contributed by atoms with E-state index >= 15 is 0 Å². The monoisotopic (exact) mass is 229 g/mol. The van der Waals surface area contributed by atoms with Gasteiger partial charge in [-0.1, -0.05) is 0 Å². The molecule has 3 nitrogen and oxygen atoms in total. The first kappa shape index (κ1) is 10.4. The third-order valence-corrected chi connectivity index (χ3v) is 4.62. The Balaban J connectivity index is 1.92. The van der Waals surface area contributed by atoms with Gasteiger partial charge in [0.05, 0.1) is 5.01 Å². The molecule has 0 radical (unpaired) electrons. The van der Waals surface area contributed by atoms with E-state index < -0.39 is 0 Å². The number of aromatic nitrogens is 1. The van der Waals surface area contributed by atoms with Crippen LogP contribution in [0.4, 0.5) is 0 Å². The van der Waals surface area contributed by atoms with E-state index in [4.69, 9.17) is 5.84 Å². The number of nitrogens with zero attached hydrogens (tertiary/aromatic N) is 1. The molecule has 2 unspecified atom stereocenters. The van der Waals surface area contributed by atoms with Gasteiger partial charge in [0.1, 0.15) is 0 Å². The number of nitrogens with one attached hydrogen (secondary N) is 1. The SMILES string of the molecule is NNC(Cc1nccs1)C1CCSC1. The van der Waals surface area contributed by atoms with Crippen molar-refractivity contribution in [2.75, 3.05) is 11.5 Å². The average molecular weight is 229 g/mol. The number of hydrogen-bond donors (Lipinski definition) is 2. The molecule has 0 aliphatic carbocycles. The van der Waals surface area contributed by atoms with Crippen LogP contribution in [0.25, 0.3) is 0 Å². The second-order valence-corrected chi connectivity index (χ2v) is 5.66. The number of thiazole rings is 1. The van der Waals surface area contributed by atoms with Crippen LogP contribution < -0.4 is 11.3 Å². The zero-order valence-corrected chi connectivity index (χ0v) is 9.61. The van der Waals surface area contributed by atoms with E-state index in [-0.39, 0.29) is 0 Å². The highest BCUT2D eigenvalue weighted by molar-refractivity contribution is 7.99. The van der Waals surface area contributed by atoms with Gasteiger partial charge in [-0.2, -0.15) is 11.8 Å². The molecule has 0 aromatic carbocycles. The molecule has 1 aromatic rings. The third kappa shape index (κ3) is 2.48. The van der Waals surface area contributed by atoms with Gasteiger partial charge in [-0.05, 0) is 23.8 Å². The van der Waals surface area contributed by atoms with Crippen molar-refractivity contribution in [1.82, 2.24) is 10.4 Å². The maximum Gasteiger partial charge on any atom is 0.0940 e. The van der Waals surface area contributed by atoms with Crippen LogP contribution in [0.2, 0.25) is 0 Å². The largest absolute Gasteiger partial charge is 0.271 e. The van der Waals surface area contributed by atoms with E-state index in [1.54, 1.807) is 11.3 Å². The Hall–Kier alpha value is -0.100. The van der Waals surface area contributed by atoms with Crippen LogP contribution in [0, 0.1) is 5.92 Å². The Morgan fingerprint density at radius 1 is 1.71 bits per heavy atom. The number of hydrazine groups is 1. The van der Waals surface area contributed by atoms with Crippen molar-refractivity contribution in [3.8, 4) is 0 Å². The summed E-state index contributed by atoms with van der Waals surface area (Å²) in [6, 6.07) is 0.399. The van der Waals surface area contributed by atoms with Gasteiger partial charge in [0.25, 0.3) is 0 Å². The second kappa shape index (κ2) is 5.11. The first-order valence-electron chi connectivity index (χ1n) is 4.82. The van der Waals surface area contributed by atoms with Crippen molar-refractivity contribution in [3.05, 3.63) is 16.6 Å². The van der Waals surface area contributed by atoms with Crippen molar-refractivity contribution in [1.29, 1.82) is 0 Å². The molecular weight excluding hydrogens is 214 g/mol. The van der Waals surface area contributed by atoms with Crippen molar-refractivity contribution in [2.24, 2.45) is 11.8 Å². The normalized spacial score (nSPS) is 23.9. The molecule has 78 valence electrons. The lowest BCUT2D eigenvalue weighted by molar-refractivity contribution is 0.385. The molecule has 1 aromatic heterocycles. The topological polar surface area (TPSA) is 50.9 Å². The van der Waals surface area contributed by atoms with Gasteiger partial charge in [-0.25, -0.2) is 4.98 Å². The molecule has 2 atom stereocenters. The maximum absolute atomic E-state index is 5.59. The number of nitrogens with two attached hydrogens (primary N) is 1. The summed E-state index contributed by atoms with van der Waals surface area (Å²) in [6.07, 6.45) is 4.11. The van der Waals surface area contributed by atoms with Crippen molar-refractivity contribution in [3.63, 3.8) is 0 Å². The molecule has 5 heteroatoms. The third-order valence-electron chi connectivity index (χ3n) is 2.63. The summed E-state index contributed by atoms with van der Waals surface area (Å²) in [4.78, 5) is 4.29. The molecule has 14 heavy (non-hydrogen) atoms. The first-order chi connectivity index (χ1) is 6.90. The van der Waals surface area contributed by atoms with E-state index in [0.29, 0.717) is 12.0 Å². The van der Waals surface area contributed by atoms with Crippen LogP contribution in [0.15, 0.2) is 11.6 Å². The van der Waals surface area contributed by atoms with Crippen molar-refractivity contribution in [2.45, 2.75) is 18.9 Å². The molecule has 2 heterocycles. The Morgan fingerprint density at radius 2 is 2.64 bits per heavy atom. The zero-order chi connectivity index (χ0) is 9.80. The predicted octanol–water partition coefficient (Wildman–Crippen LogP) is 1.27. The van der Waals surface area contributed by atoms with Crippen LogP contribution in [-0.2, 0) is 6.42 Å². The minimum absolute atomic E-state index is 0.399. The summed E-state index contributed by atoms with van der Waals surface area (Å²) >= 11 is 3.74. The van der Waals surface area contributed by atoms with E-state index in [2.05, 4.69) is 10.4 Å². The molecule has 0 spiro atoms. The molecule has 0 saturated carbocycles. The van der Waals surface area contributed by atoms with Gasteiger partial charge >= 0.3 is 0 Å². The fourth-order valence-corrected chi connectivity index (χ4v) is 3.79. The lowest BCUT2D eigenvalue weighted by Crippen LogP contribution is -2.42. The smallest absolute Gasteiger partial charge is 0.0940 e. The quantitative estimate of drug-likeness (QED) is 0.603. The molecule has 1 saturated heterocycles. The van der Waals surface area contributed by atoms with Crippen molar-refractivity contribution >= 4 is 23.1 Å². The maximum atomic E-state index is 5.59. The standard InChI is InChI=1S/C9H15N3S2/c10-12-8(7-1-3-13-6-7)5-9-11-2-4-14-9/h2,4,7-8,12H,1,3,5-6,10H2. The number of thioether (sulfide) groups is 1. The highest BCUT2D eigenvalue weighted by atomic mass is 32.2. The van der Waals surface area contributed by atoms with E-state index in [9.17, 15) is 0 Å². The number of hydrogen-bond acceptors (Lipinski definition) is 5. The second-order valence-electron chi connectivity index (χ2n) is 3.53. The molecular formula is C9H15N3S2. The molecule has 0 bridgehead atoms. The van der Waals surface area contributed by atoms with Crippen LogP contribution in [-0.4, -0.2) is 22.5 Å². The number of rotatable bonds is 4. The molecule has 2 rings (SSSR count).